The fourth-order valence-corrected chi connectivity index (χ4v) is 5.80. The number of nitrogens with zero attached hydrogens (tertiary/aromatic N) is 5. The Balaban J connectivity index is 1.48. The molecule has 0 saturated heterocycles. The van der Waals surface area contributed by atoms with E-state index in [1.165, 1.54) is 66.7 Å². The summed E-state index contributed by atoms with van der Waals surface area (Å²) >= 11 is 0. The Morgan fingerprint density at radius 1 is 0.674 bits per heavy atom. The molecule has 2 heterocycles. The number of hydrogen-bond acceptors (Lipinski definition) is 7. The minimum Gasteiger partial charge on any atom is -0.456 e. The maximum Gasteiger partial charge on any atom is 0.269 e. The van der Waals surface area contributed by atoms with Gasteiger partial charge in [0.05, 0.1) is 46.7 Å². The molecule has 0 bridgehead atoms. The molecule has 216 valence electrons. The normalized spacial score (nSPS) is 13.3. The van der Waals surface area contributed by atoms with Gasteiger partial charge in [0.15, 0.2) is 5.69 Å². The van der Waals surface area contributed by atoms with E-state index in [9.17, 15) is 29.7 Å². The molecule has 5 aromatic carbocycles. The van der Waals surface area contributed by atoms with Gasteiger partial charge in [-0.3, -0.25) is 19.2 Å². The molecule has 0 saturated carbocycles. The molecule has 0 unspecified atom stereocenters. The molecule has 10 heteroatoms. The monoisotopic (exact) mass is 599 g/mol. The maximum absolute atomic E-state index is 14.3. The summed E-state index contributed by atoms with van der Waals surface area (Å²) in [5.41, 5.74) is 2.37. The molecule has 0 N–H and O–H groups in total. The first kappa shape index (κ1) is 27.7. The van der Waals surface area contributed by atoms with Crippen molar-refractivity contribution in [3.63, 3.8) is 0 Å². The van der Waals surface area contributed by atoms with E-state index in [0.717, 1.165) is 9.80 Å². The van der Waals surface area contributed by atoms with Gasteiger partial charge in [0.1, 0.15) is 11.5 Å². The van der Waals surface area contributed by atoms with Crippen LogP contribution in [-0.2, 0) is 0 Å². The lowest BCUT2D eigenvalue weighted by atomic mass is 9.85. The van der Waals surface area contributed by atoms with Gasteiger partial charge in [0, 0.05) is 27.6 Å². The highest BCUT2D eigenvalue weighted by molar-refractivity contribution is 6.42. The molecule has 2 aliphatic heterocycles. The Hall–Kier alpha value is -7.09. The molecule has 0 radical (unpaired) electrons. The molecule has 0 aromatic heterocycles. The SMILES string of the molecule is [C-]#[N+]c1ccc(N2C(=O)c3ccc4c5c(cc(Oc6ccc(C#N)c(C)c6)c(c35)C2=O)C(=O)N(c2ccc(C#N)cc2)C4=O)cc1. The van der Waals surface area contributed by atoms with Crippen LogP contribution in [0, 0.1) is 36.2 Å². The fourth-order valence-electron chi connectivity index (χ4n) is 5.80. The minimum atomic E-state index is -0.744. The smallest absolute Gasteiger partial charge is 0.269 e. The largest absolute Gasteiger partial charge is 0.456 e. The predicted molar refractivity (Wildman–Crippen MR) is 166 cm³/mol. The van der Waals surface area contributed by atoms with Gasteiger partial charge in [-0.25, -0.2) is 14.6 Å². The Labute approximate surface area is 261 Å². The van der Waals surface area contributed by atoms with Crippen molar-refractivity contribution in [3.05, 3.63) is 135 Å². The number of hydrogen-bond donors (Lipinski definition) is 0. The number of imide groups is 2. The van der Waals surface area contributed by atoms with Crippen molar-refractivity contribution in [2.24, 2.45) is 0 Å². The van der Waals surface area contributed by atoms with Gasteiger partial charge in [0.25, 0.3) is 23.6 Å². The van der Waals surface area contributed by atoms with Crippen LogP contribution in [-0.4, -0.2) is 23.6 Å². The number of amides is 4. The molecule has 7 rings (SSSR count). The van der Waals surface area contributed by atoms with E-state index in [0.29, 0.717) is 22.4 Å². The Kier molecular flexibility index (Phi) is 6.19. The zero-order valence-electron chi connectivity index (χ0n) is 23.9. The van der Waals surface area contributed by atoms with Crippen LogP contribution in [0.1, 0.15) is 58.1 Å². The topological polar surface area (TPSA) is 136 Å². The second kappa shape index (κ2) is 10.3. The summed E-state index contributed by atoms with van der Waals surface area (Å²) in [5, 5.41) is 18.9. The Bertz CT molecular complexity index is 2360. The van der Waals surface area contributed by atoms with Crippen molar-refractivity contribution in [2.45, 2.75) is 6.92 Å². The summed E-state index contributed by atoms with van der Waals surface area (Å²) in [6, 6.07) is 25.0. The summed E-state index contributed by atoms with van der Waals surface area (Å²) in [6.07, 6.45) is 0. The number of carbonyl (C=O) groups excluding carboxylic acids is 4. The Morgan fingerprint density at radius 3 is 1.85 bits per heavy atom. The fraction of sp³-hybridized carbons (Fsp3) is 0.0278. The molecule has 0 aliphatic carbocycles. The lowest BCUT2D eigenvalue weighted by molar-refractivity contribution is 0.0871. The van der Waals surface area contributed by atoms with Gasteiger partial charge in [-0.2, -0.15) is 10.5 Å². The van der Waals surface area contributed by atoms with E-state index in [1.54, 1.807) is 25.1 Å². The van der Waals surface area contributed by atoms with Crippen LogP contribution in [0.15, 0.2) is 84.9 Å². The van der Waals surface area contributed by atoms with E-state index in [4.69, 9.17) is 11.3 Å². The van der Waals surface area contributed by atoms with Gasteiger partial charge in [0.2, 0.25) is 0 Å². The molecule has 0 fully saturated rings. The third-order valence-electron chi connectivity index (χ3n) is 8.00. The van der Waals surface area contributed by atoms with Crippen LogP contribution in [0.3, 0.4) is 0 Å². The Morgan fingerprint density at radius 2 is 1.26 bits per heavy atom. The lowest BCUT2D eigenvalue weighted by Crippen LogP contribution is -2.43. The molecule has 5 aromatic rings. The van der Waals surface area contributed by atoms with Crippen LogP contribution in [0.5, 0.6) is 11.5 Å². The summed E-state index contributed by atoms with van der Waals surface area (Å²) in [4.78, 5) is 61.5. The van der Waals surface area contributed by atoms with Gasteiger partial charge in [-0.15, -0.1) is 0 Å². The highest BCUT2D eigenvalue weighted by Gasteiger charge is 2.42. The maximum atomic E-state index is 14.3. The molecule has 0 atom stereocenters. The number of anilines is 2. The quantitative estimate of drug-likeness (QED) is 0.163. The summed E-state index contributed by atoms with van der Waals surface area (Å²) in [7, 11) is 0. The summed E-state index contributed by atoms with van der Waals surface area (Å²) in [5.74, 6) is -2.54. The number of benzene rings is 5. The lowest BCUT2D eigenvalue weighted by Gasteiger charge is -2.33. The second-order valence-electron chi connectivity index (χ2n) is 10.6. The van der Waals surface area contributed by atoms with Gasteiger partial charge < -0.3 is 4.74 Å². The first-order valence-electron chi connectivity index (χ1n) is 13.8. The molecule has 10 nitrogen and oxygen atoms in total. The van der Waals surface area contributed by atoms with Crippen LogP contribution in [0.2, 0.25) is 0 Å². The highest BCUT2D eigenvalue weighted by atomic mass is 16.5. The van der Waals surface area contributed by atoms with Crippen LogP contribution >= 0.6 is 0 Å². The number of ether oxygens (including phenoxy) is 1. The van der Waals surface area contributed by atoms with E-state index in [1.807, 2.05) is 6.07 Å². The van der Waals surface area contributed by atoms with Gasteiger partial charge in [-0.05, 0) is 85.3 Å². The van der Waals surface area contributed by atoms with Crippen molar-refractivity contribution in [3.8, 4) is 23.6 Å². The standard InChI is InChI=1S/C36H17N5O5/c1-19-15-25(12-5-21(19)18-38)46-29-16-28-30-26(33(42)40(35(28)44)23-8-3-20(17-37)4-9-23)13-14-27-31(30)32(29)36(45)41(34(27)43)24-10-6-22(39-2)7-11-24/h3-16H,1H3. The number of aryl methyl sites for hydroxylation is 1. The number of carbonyl (C=O) groups is 4. The molecular weight excluding hydrogens is 582 g/mol. The third-order valence-corrected chi connectivity index (χ3v) is 8.00. The molecule has 2 aliphatic rings. The highest BCUT2D eigenvalue weighted by Crippen LogP contribution is 2.45. The van der Waals surface area contributed by atoms with Crippen molar-refractivity contribution in [1.82, 2.24) is 0 Å². The molecule has 46 heavy (non-hydrogen) atoms. The first-order valence-corrected chi connectivity index (χ1v) is 13.8. The minimum absolute atomic E-state index is 0.0288. The second-order valence-corrected chi connectivity index (χ2v) is 10.6. The molecule has 4 amide bonds. The van der Waals surface area contributed by atoms with Crippen molar-refractivity contribution in [1.29, 1.82) is 10.5 Å². The zero-order valence-corrected chi connectivity index (χ0v) is 23.9. The van der Waals surface area contributed by atoms with E-state index in [2.05, 4.69) is 10.9 Å². The van der Waals surface area contributed by atoms with Gasteiger partial charge in [-0.1, -0.05) is 12.1 Å². The molecule has 0 spiro atoms. The van der Waals surface area contributed by atoms with Crippen LogP contribution in [0.25, 0.3) is 15.6 Å². The van der Waals surface area contributed by atoms with Crippen LogP contribution < -0.4 is 14.5 Å². The predicted octanol–water partition coefficient (Wildman–Crippen LogP) is 6.84. The number of rotatable bonds is 4. The molecular formula is C36H17N5O5. The van der Waals surface area contributed by atoms with E-state index in [-0.39, 0.29) is 55.9 Å². The average molecular weight is 600 g/mol. The average Bonchev–Trinajstić information content (AvgIpc) is 3.07. The van der Waals surface area contributed by atoms with Crippen LogP contribution in [0.4, 0.5) is 17.1 Å². The third kappa shape index (κ3) is 4.01. The number of nitriles is 2. The van der Waals surface area contributed by atoms with E-state index >= 15 is 0 Å². The van der Waals surface area contributed by atoms with Crippen molar-refractivity contribution >= 4 is 51.5 Å². The van der Waals surface area contributed by atoms with Crippen molar-refractivity contribution < 1.29 is 23.9 Å². The first-order chi connectivity index (χ1) is 22.2. The van der Waals surface area contributed by atoms with E-state index < -0.39 is 23.6 Å². The van der Waals surface area contributed by atoms with Gasteiger partial charge >= 0.3 is 0 Å². The summed E-state index contributed by atoms with van der Waals surface area (Å²) in [6.45, 7) is 8.97. The zero-order chi connectivity index (χ0) is 32.3. The van der Waals surface area contributed by atoms with Crippen molar-refractivity contribution in [2.75, 3.05) is 9.80 Å². The summed E-state index contributed by atoms with van der Waals surface area (Å²) < 4.78 is 6.26.